The molecular formula is C26H40N2O2. The van der Waals surface area contributed by atoms with Crippen molar-refractivity contribution in [2.75, 3.05) is 7.11 Å². The third-order valence-corrected chi connectivity index (χ3v) is 5.67. The normalized spacial score (nSPS) is 11.0. The van der Waals surface area contributed by atoms with E-state index in [1.165, 1.54) is 75.4 Å². The summed E-state index contributed by atoms with van der Waals surface area (Å²) >= 11 is 0. The van der Waals surface area contributed by atoms with Gasteiger partial charge in [0, 0.05) is 12.1 Å². The number of rotatable bonds is 16. The van der Waals surface area contributed by atoms with Crippen molar-refractivity contribution in [2.45, 2.75) is 96.9 Å². The lowest BCUT2D eigenvalue weighted by molar-refractivity contribution is -0.140. The van der Waals surface area contributed by atoms with Crippen LogP contribution >= 0.6 is 0 Å². The number of hydrogen-bond acceptors (Lipinski definition) is 3. The number of benzene rings is 1. The second-order valence-electron chi connectivity index (χ2n) is 8.28. The minimum Gasteiger partial charge on any atom is -0.469 e. The minimum atomic E-state index is -0.0906. The third kappa shape index (κ3) is 9.60. The van der Waals surface area contributed by atoms with Crippen molar-refractivity contribution in [3.05, 3.63) is 53.3 Å². The van der Waals surface area contributed by atoms with Crippen LogP contribution < -0.4 is 0 Å². The molecule has 0 atom stereocenters. The largest absolute Gasteiger partial charge is 0.469 e. The van der Waals surface area contributed by atoms with E-state index in [-0.39, 0.29) is 5.97 Å². The van der Waals surface area contributed by atoms with Crippen molar-refractivity contribution in [1.29, 1.82) is 0 Å². The summed E-state index contributed by atoms with van der Waals surface area (Å²) < 4.78 is 6.91. The van der Waals surface area contributed by atoms with Crippen LogP contribution in [-0.2, 0) is 28.9 Å². The first kappa shape index (κ1) is 24.2. The van der Waals surface area contributed by atoms with E-state index in [1.54, 1.807) is 0 Å². The Balaban J connectivity index is 1.78. The molecule has 0 amide bonds. The van der Waals surface area contributed by atoms with Crippen LogP contribution in [0.2, 0.25) is 0 Å². The fourth-order valence-corrected chi connectivity index (χ4v) is 3.85. The van der Waals surface area contributed by atoms with Crippen molar-refractivity contribution in [3.63, 3.8) is 0 Å². The summed E-state index contributed by atoms with van der Waals surface area (Å²) in [7, 11) is 1.46. The summed E-state index contributed by atoms with van der Waals surface area (Å²) in [6.07, 6.45) is 14.8. The number of esters is 1. The monoisotopic (exact) mass is 412 g/mol. The summed E-state index contributed by atoms with van der Waals surface area (Å²) in [5.41, 5.74) is 3.93. The van der Waals surface area contributed by atoms with Gasteiger partial charge in [0.15, 0.2) is 0 Å². The van der Waals surface area contributed by atoms with E-state index >= 15 is 0 Å². The molecule has 0 aliphatic rings. The number of ether oxygens (including phenoxy) is 1. The second-order valence-corrected chi connectivity index (χ2v) is 8.28. The van der Waals surface area contributed by atoms with E-state index in [9.17, 15) is 4.79 Å². The van der Waals surface area contributed by atoms with Gasteiger partial charge in [-0.1, -0.05) is 82.2 Å². The van der Waals surface area contributed by atoms with Crippen LogP contribution in [0.15, 0.2) is 36.4 Å². The Morgan fingerprint density at radius 2 is 1.57 bits per heavy atom. The highest BCUT2D eigenvalue weighted by Crippen LogP contribution is 2.16. The maximum absolute atomic E-state index is 11.1. The van der Waals surface area contributed by atoms with Gasteiger partial charge in [-0.25, -0.2) is 0 Å². The third-order valence-electron chi connectivity index (χ3n) is 5.67. The lowest BCUT2D eigenvalue weighted by Crippen LogP contribution is -2.06. The Hall–Kier alpha value is -2.10. The zero-order valence-electron chi connectivity index (χ0n) is 19.1. The zero-order chi connectivity index (χ0) is 21.4. The first-order valence-corrected chi connectivity index (χ1v) is 11.9. The first-order chi connectivity index (χ1) is 14.7. The van der Waals surface area contributed by atoms with Crippen molar-refractivity contribution in [2.24, 2.45) is 0 Å². The fraction of sp³-hybridized carbons (Fsp3) is 0.615. The standard InChI is InChI=1S/C26H40N2O2/c1-3-4-5-13-18-24-21-25(28(27-24)22-23-16-11-10-12-17-23)19-14-8-6-7-9-15-20-26(29)30-2/h10-12,16-17,21H,3-9,13-15,18-20,22H2,1-2H3. The number of unbranched alkanes of at least 4 members (excludes halogenated alkanes) is 8. The summed E-state index contributed by atoms with van der Waals surface area (Å²) in [5, 5.41) is 4.94. The van der Waals surface area contributed by atoms with Crippen LogP contribution in [0.3, 0.4) is 0 Å². The Labute approximate surface area is 183 Å². The molecule has 0 unspecified atom stereocenters. The van der Waals surface area contributed by atoms with E-state index < -0.39 is 0 Å². The molecule has 0 N–H and O–H groups in total. The maximum Gasteiger partial charge on any atom is 0.305 e. The molecule has 0 radical (unpaired) electrons. The van der Waals surface area contributed by atoms with Gasteiger partial charge >= 0.3 is 5.97 Å². The molecule has 1 heterocycles. The van der Waals surface area contributed by atoms with E-state index in [1.807, 2.05) is 0 Å². The van der Waals surface area contributed by atoms with Gasteiger partial charge < -0.3 is 4.74 Å². The predicted octanol–water partition coefficient (Wildman–Crippen LogP) is 6.50. The molecule has 30 heavy (non-hydrogen) atoms. The van der Waals surface area contributed by atoms with Gasteiger partial charge in [-0.15, -0.1) is 0 Å². The molecule has 2 aromatic rings. The average Bonchev–Trinajstić information content (AvgIpc) is 3.14. The number of aromatic nitrogens is 2. The van der Waals surface area contributed by atoms with Gasteiger partial charge in [-0.2, -0.15) is 5.10 Å². The summed E-state index contributed by atoms with van der Waals surface area (Å²) in [6, 6.07) is 13.0. The molecular weight excluding hydrogens is 372 g/mol. The number of carbonyl (C=O) groups excluding carboxylic acids is 1. The van der Waals surface area contributed by atoms with Crippen LogP contribution in [0.5, 0.6) is 0 Å². The molecule has 0 spiro atoms. The Morgan fingerprint density at radius 1 is 0.900 bits per heavy atom. The van der Waals surface area contributed by atoms with Gasteiger partial charge in [0.2, 0.25) is 0 Å². The molecule has 0 fully saturated rings. The Kier molecular flexibility index (Phi) is 11.9. The van der Waals surface area contributed by atoms with Gasteiger partial charge in [-0.3, -0.25) is 9.48 Å². The van der Waals surface area contributed by atoms with Gasteiger partial charge in [0.25, 0.3) is 0 Å². The highest BCUT2D eigenvalue weighted by molar-refractivity contribution is 5.68. The molecule has 1 aromatic carbocycles. The molecule has 2 rings (SSSR count). The highest BCUT2D eigenvalue weighted by atomic mass is 16.5. The molecule has 0 saturated heterocycles. The highest BCUT2D eigenvalue weighted by Gasteiger charge is 2.09. The van der Waals surface area contributed by atoms with Crippen LogP contribution in [0.4, 0.5) is 0 Å². The molecule has 4 heteroatoms. The summed E-state index contributed by atoms with van der Waals surface area (Å²) in [6.45, 7) is 3.12. The van der Waals surface area contributed by atoms with Crippen LogP contribution in [-0.4, -0.2) is 22.9 Å². The topological polar surface area (TPSA) is 44.1 Å². The zero-order valence-corrected chi connectivity index (χ0v) is 19.1. The molecule has 0 aliphatic heterocycles. The molecule has 166 valence electrons. The van der Waals surface area contributed by atoms with E-state index in [0.29, 0.717) is 6.42 Å². The maximum atomic E-state index is 11.1. The molecule has 4 nitrogen and oxygen atoms in total. The second kappa shape index (κ2) is 14.8. The molecule has 0 bridgehead atoms. The van der Waals surface area contributed by atoms with Crippen molar-refractivity contribution in [1.82, 2.24) is 9.78 Å². The predicted molar refractivity (Wildman–Crippen MR) is 124 cm³/mol. The van der Waals surface area contributed by atoms with E-state index in [2.05, 4.69) is 52.7 Å². The molecule has 0 aliphatic carbocycles. The van der Waals surface area contributed by atoms with Gasteiger partial charge in [0.05, 0.1) is 19.3 Å². The lowest BCUT2D eigenvalue weighted by atomic mass is 10.1. The number of carbonyl (C=O) groups is 1. The Morgan fingerprint density at radius 3 is 2.30 bits per heavy atom. The first-order valence-electron chi connectivity index (χ1n) is 11.9. The number of methoxy groups -OCH3 is 1. The van der Waals surface area contributed by atoms with E-state index in [4.69, 9.17) is 5.10 Å². The number of hydrogen-bond donors (Lipinski definition) is 0. The number of aryl methyl sites for hydroxylation is 2. The van der Waals surface area contributed by atoms with Crippen LogP contribution in [0.1, 0.15) is 94.5 Å². The molecule has 1 aromatic heterocycles. The van der Waals surface area contributed by atoms with Crippen LogP contribution in [0, 0.1) is 0 Å². The van der Waals surface area contributed by atoms with Crippen molar-refractivity contribution < 1.29 is 9.53 Å². The van der Waals surface area contributed by atoms with Gasteiger partial charge in [-0.05, 0) is 43.7 Å². The van der Waals surface area contributed by atoms with Crippen molar-refractivity contribution >= 4 is 5.97 Å². The lowest BCUT2D eigenvalue weighted by Gasteiger charge is -2.08. The molecule has 0 saturated carbocycles. The van der Waals surface area contributed by atoms with E-state index in [0.717, 1.165) is 32.2 Å². The van der Waals surface area contributed by atoms with Gasteiger partial charge in [0.1, 0.15) is 0 Å². The quantitative estimate of drug-likeness (QED) is 0.233. The fourth-order valence-electron chi connectivity index (χ4n) is 3.85. The minimum absolute atomic E-state index is 0.0906. The average molecular weight is 413 g/mol. The number of nitrogens with zero attached hydrogens (tertiary/aromatic N) is 2. The smallest absolute Gasteiger partial charge is 0.305 e. The Bertz CT molecular complexity index is 709. The summed E-state index contributed by atoms with van der Waals surface area (Å²) in [5.74, 6) is -0.0906. The van der Waals surface area contributed by atoms with Crippen LogP contribution in [0.25, 0.3) is 0 Å². The van der Waals surface area contributed by atoms with Crippen molar-refractivity contribution in [3.8, 4) is 0 Å². The SMILES string of the molecule is CCCCCCc1cc(CCCCCCCCC(=O)OC)n(Cc2ccccc2)n1. The summed E-state index contributed by atoms with van der Waals surface area (Å²) in [4.78, 5) is 11.1.